The molecule has 1 aliphatic carbocycles. The molecule has 1 aliphatic heterocycles. The van der Waals surface area contributed by atoms with Gasteiger partial charge in [-0.05, 0) is 53.6 Å². The highest BCUT2D eigenvalue weighted by molar-refractivity contribution is 5.62. The van der Waals surface area contributed by atoms with Crippen molar-refractivity contribution < 1.29 is 9.47 Å². The number of hydrogen-bond donors (Lipinski definition) is 1. The van der Waals surface area contributed by atoms with Crippen LogP contribution in [0, 0.1) is 11.8 Å². The highest BCUT2D eigenvalue weighted by atomic mass is 16.5. The monoisotopic (exact) mass is 425 g/mol. The second-order valence-electron chi connectivity index (χ2n) is 9.24. The number of anilines is 1. The quantitative estimate of drug-likeness (QED) is 0.409. The van der Waals surface area contributed by atoms with Crippen LogP contribution in [0.5, 0.6) is 11.5 Å². The molecule has 2 aliphatic rings. The van der Waals surface area contributed by atoms with Gasteiger partial charge in [0.2, 0.25) is 0 Å². The predicted octanol–water partition coefficient (Wildman–Crippen LogP) is 7.13. The minimum absolute atomic E-state index is 0.205. The Bertz CT molecular complexity index is 1090. The highest BCUT2D eigenvalue weighted by Crippen LogP contribution is 2.51. The fraction of sp³-hybridized carbons (Fsp3) is 0.310. The van der Waals surface area contributed by atoms with Gasteiger partial charge in [0, 0.05) is 17.2 Å². The number of allylic oxidation sites excluding steroid dienone is 2. The van der Waals surface area contributed by atoms with Crippen LogP contribution in [0.25, 0.3) is 0 Å². The van der Waals surface area contributed by atoms with E-state index in [2.05, 4.69) is 98.0 Å². The molecule has 3 atom stereocenters. The number of nitrogens with one attached hydrogen (secondary N) is 1. The molecule has 3 aromatic carbocycles. The maximum atomic E-state index is 6.31. The molecular formula is C29H31NO2. The zero-order valence-electron chi connectivity index (χ0n) is 18.8. The molecule has 0 radical (unpaired) electrons. The Hall–Kier alpha value is -3.20. The Morgan fingerprint density at radius 1 is 0.906 bits per heavy atom. The lowest BCUT2D eigenvalue weighted by molar-refractivity contribution is 0.270. The Balaban J connectivity index is 1.41. The summed E-state index contributed by atoms with van der Waals surface area (Å²) in [4.78, 5) is 0. The third kappa shape index (κ3) is 4.25. The van der Waals surface area contributed by atoms with Crippen LogP contribution in [0.2, 0.25) is 0 Å². The molecule has 5 rings (SSSR count). The molecule has 1 N–H and O–H groups in total. The van der Waals surface area contributed by atoms with E-state index in [1.54, 1.807) is 0 Å². The molecule has 0 fully saturated rings. The van der Waals surface area contributed by atoms with Crippen molar-refractivity contribution in [1.82, 2.24) is 0 Å². The lowest BCUT2D eigenvalue weighted by Crippen LogP contribution is -2.29. The van der Waals surface area contributed by atoms with Gasteiger partial charge in [0.25, 0.3) is 0 Å². The van der Waals surface area contributed by atoms with E-state index in [9.17, 15) is 0 Å². The van der Waals surface area contributed by atoms with Gasteiger partial charge in [0.15, 0.2) is 0 Å². The second kappa shape index (κ2) is 9.12. The molecule has 0 saturated heterocycles. The summed E-state index contributed by atoms with van der Waals surface area (Å²) < 4.78 is 12.3. The number of rotatable bonds is 7. The molecule has 3 aromatic rings. The van der Waals surface area contributed by atoms with Crippen LogP contribution in [-0.2, 0) is 6.61 Å². The standard InChI is InChI=1S/C29H31NO2/c1-20(2)18-31-22-15-16-27-26(17-22)23-12-8-13-24(23)29(30-27)25-11-6-7-14-28(25)32-19-21-9-4-3-5-10-21/h3-12,14-17,20,23-24,29-30H,13,18-19H2,1-2H3. The maximum Gasteiger partial charge on any atom is 0.125 e. The largest absolute Gasteiger partial charge is 0.493 e. The summed E-state index contributed by atoms with van der Waals surface area (Å²) >= 11 is 0. The van der Waals surface area contributed by atoms with Crippen LogP contribution < -0.4 is 14.8 Å². The lowest BCUT2D eigenvalue weighted by atomic mass is 9.77. The topological polar surface area (TPSA) is 30.5 Å². The number of benzene rings is 3. The first-order chi connectivity index (χ1) is 15.7. The molecule has 0 amide bonds. The van der Waals surface area contributed by atoms with Crippen LogP contribution in [0.3, 0.4) is 0 Å². The Morgan fingerprint density at radius 3 is 2.56 bits per heavy atom. The van der Waals surface area contributed by atoms with Gasteiger partial charge in [-0.2, -0.15) is 0 Å². The lowest BCUT2D eigenvalue weighted by Gasteiger charge is -2.38. The van der Waals surface area contributed by atoms with Gasteiger partial charge >= 0.3 is 0 Å². The minimum atomic E-state index is 0.205. The van der Waals surface area contributed by atoms with Gasteiger partial charge in [-0.25, -0.2) is 0 Å². The SMILES string of the molecule is CC(C)COc1ccc2c(c1)C1C=CCC1C(c1ccccc1OCc1ccccc1)N2. The smallest absolute Gasteiger partial charge is 0.125 e. The summed E-state index contributed by atoms with van der Waals surface area (Å²) in [5.74, 6) is 3.29. The molecule has 0 bridgehead atoms. The third-order valence-corrected chi connectivity index (χ3v) is 6.41. The maximum absolute atomic E-state index is 6.31. The van der Waals surface area contributed by atoms with Crippen molar-refractivity contribution in [2.45, 2.75) is 38.8 Å². The fourth-order valence-corrected chi connectivity index (χ4v) is 4.84. The van der Waals surface area contributed by atoms with E-state index in [1.807, 2.05) is 6.07 Å². The minimum Gasteiger partial charge on any atom is -0.493 e. The van der Waals surface area contributed by atoms with Gasteiger partial charge in [-0.1, -0.05) is 74.5 Å². The fourth-order valence-electron chi connectivity index (χ4n) is 4.84. The summed E-state index contributed by atoms with van der Waals surface area (Å²) in [5, 5.41) is 3.84. The molecule has 0 saturated carbocycles. The van der Waals surface area contributed by atoms with Gasteiger partial charge < -0.3 is 14.8 Å². The Kier molecular flexibility index (Phi) is 5.89. The van der Waals surface area contributed by atoms with Crippen molar-refractivity contribution in [3.63, 3.8) is 0 Å². The third-order valence-electron chi connectivity index (χ3n) is 6.41. The van der Waals surface area contributed by atoms with E-state index in [0.717, 1.165) is 24.5 Å². The molecule has 3 nitrogen and oxygen atoms in total. The van der Waals surface area contributed by atoms with Crippen LogP contribution in [-0.4, -0.2) is 6.61 Å². The summed E-state index contributed by atoms with van der Waals surface area (Å²) in [5.41, 5.74) is 4.94. The normalized spacial score (nSPS) is 21.0. The van der Waals surface area contributed by atoms with E-state index in [-0.39, 0.29) is 6.04 Å². The molecule has 0 aromatic heterocycles. The first kappa shape index (κ1) is 20.7. The first-order valence-corrected chi connectivity index (χ1v) is 11.6. The van der Waals surface area contributed by atoms with E-state index in [1.165, 1.54) is 22.4 Å². The van der Waals surface area contributed by atoms with Crippen LogP contribution in [0.1, 0.15) is 48.9 Å². The number of hydrogen-bond acceptors (Lipinski definition) is 3. The van der Waals surface area contributed by atoms with Crippen molar-refractivity contribution in [3.8, 4) is 11.5 Å². The number of ether oxygens (including phenoxy) is 2. The summed E-state index contributed by atoms with van der Waals surface area (Å²) in [7, 11) is 0. The number of para-hydroxylation sites is 1. The molecule has 164 valence electrons. The van der Waals surface area contributed by atoms with E-state index in [0.29, 0.717) is 24.4 Å². The Labute approximate surface area is 191 Å². The molecular weight excluding hydrogens is 394 g/mol. The number of fused-ring (bicyclic) bond motifs is 3. The van der Waals surface area contributed by atoms with Crippen molar-refractivity contribution >= 4 is 5.69 Å². The van der Waals surface area contributed by atoms with Crippen LogP contribution in [0.4, 0.5) is 5.69 Å². The van der Waals surface area contributed by atoms with E-state index < -0.39 is 0 Å². The average Bonchev–Trinajstić information content (AvgIpc) is 3.32. The average molecular weight is 426 g/mol. The van der Waals surface area contributed by atoms with Crippen LogP contribution >= 0.6 is 0 Å². The molecule has 1 heterocycles. The van der Waals surface area contributed by atoms with Crippen molar-refractivity contribution in [3.05, 3.63) is 102 Å². The summed E-state index contributed by atoms with van der Waals surface area (Å²) in [6, 6.07) is 25.5. The Morgan fingerprint density at radius 2 is 1.72 bits per heavy atom. The van der Waals surface area contributed by atoms with E-state index >= 15 is 0 Å². The summed E-state index contributed by atoms with van der Waals surface area (Å²) in [6.45, 7) is 5.67. The second-order valence-corrected chi connectivity index (χ2v) is 9.24. The first-order valence-electron chi connectivity index (χ1n) is 11.6. The molecule has 32 heavy (non-hydrogen) atoms. The van der Waals surface area contributed by atoms with Gasteiger partial charge in [-0.3, -0.25) is 0 Å². The van der Waals surface area contributed by atoms with Gasteiger partial charge in [0.1, 0.15) is 18.1 Å². The predicted molar refractivity (Wildman–Crippen MR) is 130 cm³/mol. The van der Waals surface area contributed by atoms with Crippen molar-refractivity contribution in [1.29, 1.82) is 0 Å². The van der Waals surface area contributed by atoms with Gasteiger partial charge in [-0.15, -0.1) is 0 Å². The molecule has 0 spiro atoms. The van der Waals surface area contributed by atoms with Crippen molar-refractivity contribution in [2.24, 2.45) is 11.8 Å². The summed E-state index contributed by atoms with van der Waals surface area (Å²) in [6.07, 6.45) is 5.76. The molecule has 3 unspecified atom stereocenters. The van der Waals surface area contributed by atoms with Gasteiger partial charge in [0.05, 0.1) is 12.6 Å². The zero-order chi connectivity index (χ0) is 21.9. The zero-order valence-corrected chi connectivity index (χ0v) is 18.8. The van der Waals surface area contributed by atoms with Crippen LogP contribution in [0.15, 0.2) is 84.9 Å². The molecule has 3 heteroatoms. The van der Waals surface area contributed by atoms with E-state index in [4.69, 9.17) is 9.47 Å². The van der Waals surface area contributed by atoms with Crippen molar-refractivity contribution in [2.75, 3.05) is 11.9 Å². The highest BCUT2D eigenvalue weighted by Gasteiger charge is 2.39.